The molecule has 3 aliphatic rings. The predicted octanol–water partition coefficient (Wildman–Crippen LogP) is 2.00. The standard InChI is InChI=1S/C13H24N2/c1-2-4-11(5-3-1)10-15-12-6-7-13(15)9-14-8-12/h11-14H,1-10H2. The number of hydrogen-bond donors (Lipinski definition) is 1. The summed E-state index contributed by atoms with van der Waals surface area (Å²) in [5, 5.41) is 3.57. The van der Waals surface area contributed by atoms with E-state index in [1.54, 1.807) is 0 Å². The van der Waals surface area contributed by atoms with Crippen molar-refractivity contribution < 1.29 is 0 Å². The zero-order valence-electron chi connectivity index (χ0n) is 9.75. The van der Waals surface area contributed by atoms with E-state index in [1.165, 1.54) is 64.6 Å². The highest BCUT2D eigenvalue weighted by molar-refractivity contribution is 4.95. The molecule has 2 bridgehead atoms. The lowest BCUT2D eigenvalue weighted by Crippen LogP contribution is -2.53. The largest absolute Gasteiger partial charge is 0.314 e. The first kappa shape index (κ1) is 10.1. The van der Waals surface area contributed by atoms with E-state index in [9.17, 15) is 0 Å². The third-order valence-electron chi connectivity index (χ3n) is 4.72. The molecule has 3 rings (SSSR count). The number of piperazine rings is 1. The molecule has 2 unspecified atom stereocenters. The van der Waals surface area contributed by atoms with Crippen LogP contribution in [-0.4, -0.2) is 36.6 Å². The topological polar surface area (TPSA) is 15.3 Å². The molecule has 15 heavy (non-hydrogen) atoms. The lowest BCUT2D eigenvalue weighted by Gasteiger charge is -2.38. The first-order valence-corrected chi connectivity index (χ1v) is 6.90. The first-order chi connectivity index (χ1) is 7.43. The zero-order valence-corrected chi connectivity index (χ0v) is 9.75. The molecule has 0 aromatic rings. The summed E-state index contributed by atoms with van der Waals surface area (Å²) in [4.78, 5) is 2.84. The van der Waals surface area contributed by atoms with Gasteiger partial charge in [0.2, 0.25) is 0 Å². The van der Waals surface area contributed by atoms with Gasteiger partial charge in [-0.05, 0) is 31.6 Å². The van der Waals surface area contributed by atoms with E-state index in [2.05, 4.69) is 10.2 Å². The second-order valence-electron chi connectivity index (χ2n) is 5.74. The summed E-state index contributed by atoms with van der Waals surface area (Å²) in [5.41, 5.74) is 0. The van der Waals surface area contributed by atoms with Crippen LogP contribution in [0.3, 0.4) is 0 Å². The molecule has 2 heteroatoms. The molecule has 1 saturated carbocycles. The van der Waals surface area contributed by atoms with Crippen LogP contribution < -0.4 is 5.32 Å². The summed E-state index contributed by atoms with van der Waals surface area (Å²) >= 11 is 0. The second-order valence-corrected chi connectivity index (χ2v) is 5.74. The number of nitrogens with zero attached hydrogens (tertiary/aromatic N) is 1. The van der Waals surface area contributed by atoms with E-state index < -0.39 is 0 Å². The maximum atomic E-state index is 3.57. The van der Waals surface area contributed by atoms with E-state index >= 15 is 0 Å². The molecular formula is C13H24N2. The van der Waals surface area contributed by atoms with Gasteiger partial charge in [0.1, 0.15) is 0 Å². The zero-order chi connectivity index (χ0) is 10.1. The van der Waals surface area contributed by atoms with Crippen LogP contribution in [0, 0.1) is 5.92 Å². The van der Waals surface area contributed by atoms with Crippen molar-refractivity contribution >= 4 is 0 Å². The van der Waals surface area contributed by atoms with Gasteiger partial charge in [0.25, 0.3) is 0 Å². The minimum Gasteiger partial charge on any atom is -0.314 e. The Kier molecular flexibility index (Phi) is 2.98. The molecule has 1 N–H and O–H groups in total. The monoisotopic (exact) mass is 208 g/mol. The van der Waals surface area contributed by atoms with Gasteiger partial charge in [-0.1, -0.05) is 19.3 Å². The maximum Gasteiger partial charge on any atom is 0.0224 e. The third kappa shape index (κ3) is 2.07. The molecule has 2 saturated heterocycles. The molecule has 86 valence electrons. The summed E-state index contributed by atoms with van der Waals surface area (Å²) in [6, 6.07) is 1.76. The highest BCUT2D eigenvalue weighted by Gasteiger charge is 2.37. The van der Waals surface area contributed by atoms with Crippen molar-refractivity contribution in [1.82, 2.24) is 10.2 Å². The lowest BCUT2D eigenvalue weighted by atomic mass is 9.88. The van der Waals surface area contributed by atoms with Gasteiger partial charge >= 0.3 is 0 Å². The van der Waals surface area contributed by atoms with Crippen molar-refractivity contribution in [3.63, 3.8) is 0 Å². The van der Waals surface area contributed by atoms with E-state index in [0.717, 1.165) is 18.0 Å². The quantitative estimate of drug-likeness (QED) is 0.747. The van der Waals surface area contributed by atoms with Crippen molar-refractivity contribution in [2.24, 2.45) is 5.92 Å². The average molecular weight is 208 g/mol. The molecule has 3 fully saturated rings. The van der Waals surface area contributed by atoms with E-state index in [-0.39, 0.29) is 0 Å². The van der Waals surface area contributed by atoms with Crippen molar-refractivity contribution in [3.8, 4) is 0 Å². The highest BCUT2D eigenvalue weighted by Crippen LogP contribution is 2.31. The van der Waals surface area contributed by atoms with Gasteiger partial charge in [-0.3, -0.25) is 4.90 Å². The summed E-state index contributed by atoms with van der Waals surface area (Å²) in [7, 11) is 0. The normalized spacial score (nSPS) is 38.4. The van der Waals surface area contributed by atoms with E-state index in [4.69, 9.17) is 0 Å². The van der Waals surface area contributed by atoms with E-state index in [0.29, 0.717) is 0 Å². The molecule has 0 aromatic heterocycles. The number of fused-ring (bicyclic) bond motifs is 2. The Morgan fingerprint density at radius 1 is 0.867 bits per heavy atom. The minimum absolute atomic E-state index is 0.880. The van der Waals surface area contributed by atoms with Gasteiger partial charge in [-0.15, -0.1) is 0 Å². The predicted molar refractivity (Wildman–Crippen MR) is 63.0 cm³/mol. The Bertz CT molecular complexity index is 195. The molecular weight excluding hydrogens is 184 g/mol. The van der Waals surface area contributed by atoms with Crippen LogP contribution in [0.1, 0.15) is 44.9 Å². The van der Waals surface area contributed by atoms with Gasteiger partial charge in [0.05, 0.1) is 0 Å². The Morgan fingerprint density at radius 3 is 2.20 bits per heavy atom. The fraction of sp³-hybridized carbons (Fsp3) is 1.00. The SMILES string of the molecule is C1CCC(CN2C3CCC2CNC3)CC1. The van der Waals surface area contributed by atoms with Gasteiger partial charge in [0.15, 0.2) is 0 Å². The third-order valence-corrected chi connectivity index (χ3v) is 4.72. The van der Waals surface area contributed by atoms with Crippen LogP contribution in [-0.2, 0) is 0 Å². The molecule has 2 atom stereocenters. The van der Waals surface area contributed by atoms with Crippen molar-refractivity contribution in [2.75, 3.05) is 19.6 Å². The van der Waals surface area contributed by atoms with Crippen molar-refractivity contribution in [1.29, 1.82) is 0 Å². The molecule has 1 aliphatic carbocycles. The number of nitrogens with one attached hydrogen (secondary N) is 1. The van der Waals surface area contributed by atoms with Gasteiger partial charge < -0.3 is 5.32 Å². The molecule has 0 spiro atoms. The van der Waals surface area contributed by atoms with Crippen LogP contribution in [0.15, 0.2) is 0 Å². The summed E-state index contributed by atoms with van der Waals surface area (Å²) in [5.74, 6) is 1.03. The Labute approximate surface area is 93.4 Å². The van der Waals surface area contributed by atoms with Gasteiger partial charge in [-0.2, -0.15) is 0 Å². The van der Waals surface area contributed by atoms with Crippen LogP contribution in [0.2, 0.25) is 0 Å². The van der Waals surface area contributed by atoms with Crippen LogP contribution in [0.5, 0.6) is 0 Å². The van der Waals surface area contributed by atoms with E-state index in [1.807, 2.05) is 0 Å². The van der Waals surface area contributed by atoms with Crippen molar-refractivity contribution in [3.05, 3.63) is 0 Å². The molecule has 0 radical (unpaired) electrons. The molecule has 0 aromatic carbocycles. The molecule has 2 aliphatic heterocycles. The van der Waals surface area contributed by atoms with Gasteiger partial charge in [-0.25, -0.2) is 0 Å². The highest BCUT2D eigenvalue weighted by atomic mass is 15.3. The van der Waals surface area contributed by atoms with Gasteiger partial charge in [0, 0.05) is 31.7 Å². The molecule has 2 heterocycles. The number of hydrogen-bond acceptors (Lipinski definition) is 2. The Morgan fingerprint density at radius 2 is 1.53 bits per heavy atom. The first-order valence-electron chi connectivity index (χ1n) is 6.90. The van der Waals surface area contributed by atoms with Crippen LogP contribution in [0.4, 0.5) is 0 Å². The van der Waals surface area contributed by atoms with Crippen LogP contribution in [0.25, 0.3) is 0 Å². The fourth-order valence-electron chi connectivity index (χ4n) is 3.84. The lowest BCUT2D eigenvalue weighted by molar-refractivity contribution is 0.117. The van der Waals surface area contributed by atoms with Crippen LogP contribution >= 0.6 is 0 Å². The summed E-state index contributed by atoms with van der Waals surface area (Å²) < 4.78 is 0. The average Bonchev–Trinajstić information content (AvgIpc) is 2.53. The minimum atomic E-state index is 0.880. The van der Waals surface area contributed by atoms with Crippen molar-refractivity contribution in [2.45, 2.75) is 57.0 Å². The Hall–Kier alpha value is -0.0800. The Balaban J connectivity index is 1.57. The number of rotatable bonds is 2. The second kappa shape index (κ2) is 4.42. The smallest absolute Gasteiger partial charge is 0.0224 e. The molecule has 2 nitrogen and oxygen atoms in total. The maximum absolute atomic E-state index is 3.57. The molecule has 0 amide bonds. The summed E-state index contributed by atoms with van der Waals surface area (Å²) in [6.07, 6.45) is 10.4. The summed E-state index contributed by atoms with van der Waals surface area (Å²) in [6.45, 7) is 3.92. The fourth-order valence-corrected chi connectivity index (χ4v) is 3.84.